The summed E-state index contributed by atoms with van der Waals surface area (Å²) < 4.78 is 6.27. The van der Waals surface area contributed by atoms with E-state index in [1.165, 1.54) is 63.7 Å². The van der Waals surface area contributed by atoms with Crippen molar-refractivity contribution in [1.29, 1.82) is 0 Å². The summed E-state index contributed by atoms with van der Waals surface area (Å²) in [6.45, 7) is 7.84. The normalized spacial score (nSPS) is 27.0. The van der Waals surface area contributed by atoms with E-state index in [1.54, 1.807) is 11.1 Å². The van der Waals surface area contributed by atoms with Crippen LogP contribution in [0.3, 0.4) is 0 Å². The Morgan fingerprint density at radius 2 is 1.81 bits per heavy atom. The molecule has 0 amide bonds. The summed E-state index contributed by atoms with van der Waals surface area (Å²) in [7, 11) is 0. The van der Waals surface area contributed by atoms with Gasteiger partial charge in [0.2, 0.25) is 0 Å². The van der Waals surface area contributed by atoms with Crippen LogP contribution in [0.15, 0.2) is 18.2 Å². The summed E-state index contributed by atoms with van der Waals surface area (Å²) in [5.41, 5.74) is 4.79. The molecule has 3 fully saturated rings. The van der Waals surface area contributed by atoms with Gasteiger partial charge in [0.1, 0.15) is 0 Å². The Morgan fingerprint density at radius 1 is 1.00 bits per heavy atom. The van der Waals surface area contributed by atoms with Crippen LogP contribution in [0, 0.1) is 0 Å². The molecule has 0 atom stereocenters. The number of morpholine rings is 1. The van der Waals surface area contributed by atoms with Gasteiger partial charge in [-0.1, -0.05) is 6.07 Å². The summed E-state index contributed by atoms with van der Waals surface area (Å²) in [5, 5.41) is 3.49. The number of aryl methyl sites for hydroxylation is 2. The molecular formula is C22H33N3O. The van der Waals surface area contributed by atoms with Crippen LogP contribution in [0.4, 0.5) is 5.69 Å². The zero-order chi connectivity index (χ0) is 17.4. The standard InChI is InChI=1S/C22H33N3O/c1-2-18-4-5-21(16-19(18)3-1)24-12-6-20(7-13-24)25-14-15-26-22(17-25)8-10-23-11-9-22/h4-5,16,20,23H,1-3,6-15,17H2. The number of nitrogens with one attached hydrogen (secondary N) is 1. The van der Waals surface area contributed by atoms with Gasteiger partial charge in [-0.15, -0.1) is 0 Å². The van der Waals surface area contributed by atoms with Gasteiger partial charge in [-0.3, -0.25) is 4.90 Å². The summed E-state index contributed by atoms with van der Waals surface area (Å²) in [5.74, 6) is 0. The molecule has 1 aliphatic carbocycles. The van der Waals surface area contributed by atoms with E-state index in [0.717, 1.165) is 38.8 Å². The molecule has 0 saturated carbocycles. The van der Waals surface area contributed by atoms with Crippen molar-refractivity contribution in [3.05, 3.63) is 29.3 Å². The second kappa shape index (κ2) is 7.14. The maximum absolute atomic E-state index is 6.27. The number of hydrogen-bond donors (Lipinski definition) is 1. The Labute approximate surface area is 157 Å². The Hall–Kier alpha value is -1.10. The first kappa shape index (κ1) is 17.0. The molecule has 3 saturated heterocycles. The first-order valence-corrected chi connectivity index (χ1v) is 10.8. The minimum Gasteiger partial charge on any atom is -0.372 e. The highest BCUT2D eigenvalue weighted by molar-refractivity contribution is 5.52. The van der Waals surface area contributed by atoms with Crippen molar-refractivity contribution in [2.75, 3.05) is 50.8 Å². The highest BCUT2D eigenvalue weighted by Crippen LogP contribution is 2.32. The number of fused-ring (bicyclic) bond motifs is 1. The molecule has 1 aromatic carbocycles. The van der Waals surface area contributed by atoms with Crippen molar-refractivity contribution in [3.8, 4) is 0 Å². The molecule has 0 radical (unpaired) electrons. The predicted octanol–water partition coefficient (Wildman–Crippen LogP) is 2.60. The molecule has 3 heterocycles. The highest BCUT2D eigenvalue weighted by atomic mass is 16.5. The lowest BCUT2D eigenvalue weighted by molar-refractivity contribution is -0.133. The molecule has 1 spiro atoms. The van der Waals surface area contributed by atoms with Gasteiger partial charge in [-0.2, -0.15) is 0 Å². The van der Waals surface area contributed by atoms with Gasteiger partial charge >= 0.3 is 0 Å². The van der Waals surface area contributed by atoms with Crippen molar-refractivity contribution in [2.24, 2.45) is 0 Å². The zero-order valence-corrected chi connectivity index (χ0v) is 16.0. The topological polar surface area (TPSA) is 27.7 Å². The summed E-state index contributed by atoms with van der Waals surface area (Å²) in [6.07, 6.45) is 8.86. The number of benzene rings is 1. The van der Waals surface area contributed by atoms with Gasteiger partial charge < -0.3 is 15.0 Å². The van der Waals surface area contributed by atoms with E-state index in [-0.39, 0.29) is 5.60 Å². The highest BCUT2D eigenvalue weighted by Gasteiger charge is 2.40. The number of anilines is 1. The summed E-state index contributed by atoms with van der Waals surface area (Å²) >= 11 is 0. The molecule has 3 aliphatic heterocycles. The maximum atomic E-state index is 6.27. The van der Waals surface area contributed by atoms with E-state index in [9.17, 15) is 0 Å². The second-order valence-corrected chi connectivity index (χ2v) is 8.78. The second-order valence-electron chi connectivity index (χ2n) is 8.78. The van der Waals surface area contributed by atoms with E-state index < -0.39 is 0 Å². The van der Waals surface area contributed by atoms with Crippen LogP contribution >= 0.6 is 0 Å². The van der Waals surface area contributed by atoms with Crippen LogP contribution in [0.2, 0.25) is 0 Å². The Morgan fingerprint density at radius 3 is 2.65 bits per heavy atom. The molecule has 1 aromatic rings. The van der Waals surface area contributed by atoms with E-state index in [0.29, 0.717) is 0 Å². The van der Waals surface area contributed by atoms with Crippen LogP contribution < -0.4 is 10.2 Å². The molecule has 0 aromatic heterocycles. The SMILES string of the molecule is c1cc2c(cc1N1CCC(N3CCOC4(CCNCC4)C3)CC1)CCC2. The van der Waals surface area contributed by atoms with Gasteiger partial charge in [0.15, 0.2) is 0 Å². The van der Waals surface area contributed by atoms with Crippen molar-refractivity contribution in [2.45, 2.75) is 56.6 Å². The lowest BCUT2D eigenvalue weighted by Crippen LogP contribution is -2.59. The Balaban J connectivity index is 1.20. The Kier molecular flexibility index (Phi) is 4.68. The number of nitrogens with zero attached hydrogens (tertiary/aromatic N) is 2. The van der Waals surface area contributed by atoms with Crippen LogP contribution in [0.1, 0.15) is 43.2 Å². The molecule has 4 heteroatoms. The van der Waals surface area contributed by atoms with Crippen molar-refractivity contribution in [1.82, 2.24) is 10.2 Å². The third kappa shape index (κ3) is 3.28. The van der Waals surface area contributed by atoms with Gasteiger partial charge in [0, 0.05) is 37.9 Å². The number of rotatable bonds is 2. The molecule has 4 nitrogen and oxygen atoms in total. The quantitative estimate of drug-likeness (QED) is 0.883. The van der Waals surface area contributed by atoms with E-state index in [2.05, 4.69) is 33.3 Å². The first-order valence-electron chi connectivity index (χ1n) is 10.8. The first-order chi connectivity index (χ1) is 12.8. The van der Waals surface area contributed by atoms with E-state index >= 15 is 0 Å². The lowest BCUT2D eigenvalue weighted by atomic mass is 9.89. The minimum absolute atomic E-state index is 0.140. The summed E-state index contributed by atoms with van der Waals surface area (Å²) in [6, 6.07) is 7.97. The molecule has 26 heavy (non-hydrogen) atoms. The monoisotopic (exact) mass is 355 g/mol. The molecule has 5 rings (SSSR count). The van der Waals surface area contributed by atoms with Crippen molar-refractivity contribution >= 4 is 5.69 Å². The molecule has 0 unspecified atom stereocenters. The number of ether oxygens (including phenoxy) is 1. The van der Waals surface area contributed by atoms with Gasteiger partial charge in [0.25, 0.3) is 0 Å². The fourth-order valence-corrected chi connectivity index (χ4v) is 5.61. The smallest absolute Gasteiger partial charge is 0.0833 e. The molecule has 142 valence electrons. The maximum Gasteiger partial charge on any atom is 0.0833 e. The third-order valence-corrected chi connectivity index (χ3v) is 7.22. The van der Waals surface area contributed by atoms with Crippen LogP contribution in [0.5, 0.6) is 0 Å². The van der Waals surface area contributed by atoms with Crippen LogP contribution in [0.25, 0.3) is 0 Å². The average molecular weight is 356 g/mol. The molecule has 4 aliphatic rings. The number of hydrogen-bond acceptors (Lipinski definition) is 4. The van der Waals surface area contributed by atoms with Crippen LogP contribution in [-0.4, -0.2) is 62.4 Å². The van der Waals surface area contributed by atoms with Gasteiger partial charge in [0.05, 0.1) is 12.2 Å². The molecule has 1 N–H and O–H groups in total. The van der Waals surface area contributed by atoms with Gasteiger partial charge in [-0.05, 0) is 81.3 Å². The van der Waals surface area contributed by atoms with Crippen molar-refractivity contribution in [3.63, 3.8) is 0 Å². The van der Waals surface area contributed by atoms with E-state index in [1.807, 2.05) is 0 Å². The number of piperidine rings is 2. The predicted molar refractivity (Wildman–Crippen MR) is 106 cm³/mol. The molecule has 0 bridgehead atoms. The summed E-state index contributed by atoms with van der Waals surface area (Å²) in [4.78, 5) is 5.38. The molecular weight excluding hydrogens is 322 g/mol. The fraction of sp³-hybridized carbons (Fsp3) is 0.727. The average Bonchev–Trinajstić information content (AvgIpc) is 3.17. The fourth-order valence-electron chi connectivity index (χ4n) is 5.61. The van der Waals surface area contributed by atoms with Crippen LogP contribution in [-0.2, 0) is 17.6 Å². The third-order valence-electron chi connectivity index (χ3n) is 7.22. The minimum atomic E-state index is 0.140. The lowest BCUT2D eigenvalue weighted by Gasteiger charge is -2.49. The van der Waals surface area contributed by atoms with Crippen molar-refractivity contribution < 1.29 is 4.74 Å². The van der Waals surface area contributed by atoms with Gasteiger partial charge in [-0.25, -0.2) is 0 Å². The van der Waals surface area contributed by atoms with E-state index in [4.69, 9.17) is 4.74 Å². The zero-order valence-electron chi connectivity index (χ0n) is 16.0. The Bertz CT molecular complexity index is 627. The largest absolute Gasteiger partial charge is 0.372 e.